The lowest BCUT2D eigenvalue weighted by Gasteiger charge is -2.38. The molecule has 2 aromatic heterocycles. The largest absolute Gasteiger partial charge is 0.391 e. The molecule has 1 atom stereocenters. The molecule has 0 radical (unpaired) electrons. The fourth-order valence-corrected chi connectivity index (χ4v) is 3.76. The zero-order valence-electron chi connectivity index (χ0n) is 17.2. The van der Waals surface area contributed by atoms with E-state index in [4.69, 9.17) is 0 Å². The first-order chi connectivity index (χ1) is 15.2. The number of carbonyl (C=O) groups is 1. The molecule has 0 aliphatic carbocycles. The maximum absolute atomic E-state index is 13.3. The summed E-state index contributed by atoms with van der Waals surface area (Å²) in [6.45, 7) is 1.63. The number of benzene rings is 1. The van der Waals surface area contributed by atoms with Crippen molar-refractivity contribution in [3.63, 3.8) is 0 Å². The van der Waals surface area contributed by atoms with Gasteiger partial charge in [0.15, 0.2) is 5.78 Å². The molecule has 0 spiro atoms. The molecule has 10 heteroatoms. The zero-order chi connectivity index (χ0) is 22.9. The highest BCUT2D eigenvalue weighted by atomic mass is 19.4. The van der Waals surface area contributed by atoms with E-state index in [0.717, 1.165) is 5.56 Å². The van der Waals surface area contributed by atoms with Crippen LogP contribution < -0.4 is 10.5 Å². The minimum Gasteiger partial charge on any atom is -0.331 e. The van der Waals surface area contributed by atoms with Gasteiger partial charge in [-0.3, -0.25) is 14.2 Å². The Morgan fingerprint density at radius 2 is 1.91 bits per heavy atom. The van der Waals surface area contributed by atoms with E-state index in [1.165, 1.54) is 28.1 Å². The monoisotopic (exact) mass is 443 g/mol. The molecule has 32 heavy (non-hydrogen) atoms. The van der Waals surface area contributed by atoms with Crippen LogP contribution >= 0.6 is 0 Å². The summed E-state index contributed by atoms with van der Waals surface area (Å²) in [5.41, 5.74) is 1.50. The number of fused-ring (bicyclic) bond motifs is 1. The molecule has 0 fully saturated rings. The van der Waals surface area contributed by atoms with E-state index in [-0.39, 0.29) is 36.9 Å². The van der Waals surface area contributed by atoms with Crippen molar-refractivity contribution >= 4 is 11.7 Å². The molecular formula is C22H20F3N5O2. The maximum Gasteiger partial charge on any atom is 0.391 e. The van der Waals surface area contributed by atoms with Gasteiger partial charge in [-0.1, -0.05) is 29.8 Å². The molecule has 0 bridgehead atoms. The van der Waals surface area contributed by atoms with Gasteiger partial charge < -0.3 is 4.90 Å². The molecule has 1 aliphatic heterocycles. The van der Waals surface area contributed by atoms with Crippen molar-refractivity contribution in [1.82, 2.24) is 19.5 Å². The number of Topliss-reactive ketones (excluding diaryl/α,β-unsaturated/α-hetero) is 1. The number of rotatable bonds is 5. The predicted molar refractivity (Wildman–Crippen MR) is 111 cm³/mol. The van der Waals surface area contributed by atoms with Crippen LogP contribution in [-0.2, 0) is 6.54 Å². The first-order valence-electron chi connectivity index (χ1n) is 10.0. The first kappa shape index (κ1) is 21.7. The van der Waals surface area contributed by atoms with Crippen molar-refractivity contribution in [3.8, 4) is 11.4 Å². The Morgan fingerprint density at radius 3 is 2.56 bits per heavy atom. The van der Waals surface area contributed by atoms with Gasteiger partial charge in [0.2, 0.25) is 5.95 Å². The minimum atomic E-state index is -4.43. The van der Waals surface area contributed by atoms with E-state index in [1.54, 1.807) is 30.3 Å². The van der Waals surface area contributed by atoms with Crippen LogP contribution in [0.5, 0.6) is 0 Å². The van der Waals surface area contributed by atoms with Gasteiger partial charge in [-0.2, -0.15) is 13.2 Å². The third-order valence-corrected chi connectivity index (χ3v) is 5.37. The van der Waals surface area contributed by atoms with Crippen molar-refractivity contribution in [1.29, 1.82) is 0 Å². The Bertz CT molecular complexity index is 1180. The van der Waals surface area contributed by atoms with Crippen molar-refractivity contribution in [2.24, 2.45) is 0 Å². The zero-order valence-corrected chi connectivity index (χ0v) is 17.2. The molecule has 0 N–H and O–H groups in total. The fourth-order valence-electron chi connectivity index (χ4n) is 3.76. The van der Waals surface area contributed by atoms with Gasteiger partial charge in [-0.05, 0) is 19.4 Å². The summed E-state index contributed by atoms with van der Waals surface area (Å²) in [5, 5.41) is 0. The number of hydrogen-bond acceptors (Lipinski definition) is 6. The molecule has 1 unspecified atom stereocenters. The molecule has 1 aromatic carbocycles. The molecule has 7 nitrogen and oxygen atoms in total. The Balaban J connectivity index is 1.76. The predicted octanol–water partition coefficient (Wildman–Crippen LogP) is 3.42. The Hall–Kier alpha value is -3.56. The van der Waals surface area contributed by atoms with Crippen molar-refractivity contribution in [2.75, 3.05) is 11.4 Å². The smallest absolute Gasteiger partial charge is 0.331 e. The summed E-state index contributed by atoms with van der Waals surface area (Å²) in [4.78, 5) is 39.3. The summed E-state index contributed by atoms with van der Waals surface area (Å²) in [7, 11) is 0. The number of ketones is 1. The van der Waals surface area contributed by atoms with Crippen LogP contribution in [0, 0.1) is 6.92 Å². The summed E-state index contributed by atoms with van der Waals surface area (Å²) < 4.78 is 41.2. The highest BCUT2D eigenvalue weighted by molar-refractivity contribution is 5.99. The Labute approximate surface area is 181 Å². The van der Waals surface area contributed by atoms with Crippen LogP contribution in [0.1, 0.15) is 28.8 Å². The van der Waals surface area contributed by atoms with Crippen molar-refractivity contribution in [2.45, 2.75) is 38.5 Å². The number of hydrogen-bond donors (Lipinski definition) is 0. The Kier molecular flexibility index (Phi) is 5.77. The highest BCUT2D eigenvalue weighted by Crippen LogP contribution is 2.32. The van der Waals surface area contributed by atoms with Gasteiger partial charge in [0, 0.05) is 30.4 Å². The van der Waals surface area contributed by atoms with Crippen molar-refractivity contribution in [3.05, 3.63) is 70.4 Å². The Morgan fingerprint density at radius 1 is 1.16 bits per heavy atom. The molecule has 4 rings (SSSR count). The second kappa shape index (κ2) is 8.52. The van der Waals surface area contributed by atoms with Gasteiger partial charge in [-0.15, -0.1) is 0 Å². The van der Waals surface area contributed by atoms with E-state index in [0.29, 0.717) is 11.3 Å². The fraction of sp³-hybridized carbons (Fsp3) is 0.318. The van der Waals surface area contributed by atoms with Crippen LogP contribution in [0.4, 0.5) is 19.1 Å². The van der Waals surface area contributed by atoms with Gasteiger partial charge in [0.05, 0.1) is 24.4 Å². The van der Waals surface area contributed by atoms with Gasteiger partial charge in [-0.25, -0.2) is 15.0 Å². The van der Waals surface area contributed by atoms with Crippen LogP contribution in [-0.4, -0.2) is 44.1 Å². The normalized spacial score (nSPS) is 16.0. The SMILES string of the molecule is Cc1ccc(C(=O)CN2c3nc(-c4ccncn4)cc(=O)n3CCC2CC(F)(F)F)cc1. The molecule has 0 amide bonds. The third kappa shape index (κ3) is 4.68. The quantitative estimate of drug-likeness (QED) is 0.562. The summed E-state index contributed by atoms with van der Waals surface area (Å²) in [6.07, 6.45) is -2.70. The molecule has 0 saturated carbocycles. The molecule has 0 saturated heterocycles. The molecular weight excluding hydrogens is 423 g/mol. The van der Waals surface area contributed by atoms with Gasteiger partial charge in [0.1, 0.15) is 6.33 Å². The maximum atomic E-state index is 13.3. The number of anilines is 1. The highest BCUT2D eigenvalue weighted by Gasteiger charge is 2.39. The van der Waals surface area contributed by atoms with Gasteiger partial charge in [0.25, 0.3) is 5.56 Å². The van der Waals surface area contributed by atoms with Crippen LogP contribution in [0.3, 0.4) is 0 Å². The second-order valence-corrected chi connectivity index (χ2v) is 7.70. The lowest BCUT2D eigenvalue weighted by molar-refractivity contribution is -0.139. The lowest BCUT2D eigenvalue weighted by atomic mass is 10.0. The number of halogens is 3. The molecule has 1 aliphatic rings. The lowest BCUT2D eigenvalue weighted by Crippen LogP contribution is -2.49. The van der Waals surface area contributed by atoms with E-state index in [9.17, 15) is 22.8 Å². The number of aromatic nitrogens is 4. The topological polar surface area (TPSA) is 81.0 Å². The van der Waals surface area contributed by atoms with Crippen LogP contribution in [0.15, 0.2) is 53.7 Å². The van der Waals surface area contributed by atoms with Gasteiger partial charge >= 0.3 is 6.18 Å². The van der Waals surface area contributed by atoms with Crippen molar-refractivity contribution < 1.29 is 18.0 Å². The number of alkyl halides is 3. The summed E-state index contributed by atoms with van der Waals surface area (Å²) >= 11 is 0. The average Bonchev–Trinajstić information content (AvgIpc) is 2.75. The molecule has 166 valence electrons. The van der Waals surface area contributed by atoms with Crippen LogP contribution in [0.2, 0.25) is 0 Å². The summed E-state index contributed by atoms with van der Waals surface area (Å²) in [5.74, 6) is -0.320. The second-order valence-electron chi connectivity index (χ2n) is 7.70. The first-order valence-corrected chi connectivity index (χ1v) is 10.0. The molecule has 3 aromatic rings. The average molecular weight is 443 g/mol. The van der Waals surface area contributed by atoms with E-state index in [1.807, 2.05) is 6.92 Å². The standard InChI is InChI=1S/C22H20F3N5O2/c1-14-2-4-15(5-3-14)19(31)12-30-16(11-22(23,24)25)7-9-29-20(32)10-18(28-21(29)30)17-6-8-26-13-27-17/h2-6,8,10,13,16H,7,9,11-12H2,1H3. The van der Waals surface area contributed by atoms with E-state index >= 15 is 0 Å². The van der Waals surface area contributed by atoms with E-state index < -0.39 is 24.2 Å². The van der Waals surface area contributed by atoms with Crippen LogP contribution in [0.25, 0.3) is 11.4 Å². The third-order valence-electron chi connectivity index (χ3n) is 5.37. The number of carbonyl (C=O) groups excluding carboxylic acids is 1. The van der Waals surface area contributed by atoms with E-state index in [2.05, 4.69) is 15.0 Å². The number of aryl methyl sites for hydroxylation is 1. The minimum absolute atomic E-state index is 0.0343. The molecule has 3 heterocycles. The number of nitrogens with zero attached hydrogens (tertiary/aromatic N) is 5. The summed E-state index contributed by atoms with van der Waals surface area (Å²) in [6, 6.07) is 8.63.